The van der Waals surface area contributed by atoms with E-state index in [2.05, 4.69) is 20.5 Å². The summed E-state index contributed by atoms with van der Waals surface area (Å²) in [5.74, 6) is -0.260. The highest BCUT2D eigenvalue weighted by atomic mass is 32.2. The van der Waals surface area contributed by atoms with Crippen LogP contribution >= 0.6 is 12.2 Å². The fraction of sp³-hybridized carbons (Fsp3) is 0.250. The van der Waals surface area contributed by atoms with Crippen molar-refractivity contribution in [3.8, 4) is 0 Å². The quantitative estimate of drug-likeness (QED) is 0.484. The second-order valence-electron chi connectivity index (χ2n) is 8.00. The highest BCUT2D eigenvalue weighted by Crippen LogP contribution is 2.20. The summed E-state index contributed by atoms with van der Waals surface area (Å²) in [4.78, 5) is 6.49. The third-order valence-corrected chi connectivity index (χ3v) is 7.74. The van der Waals surface area contributed by atoms with E-state index < -0.39 is 10.0 Å². The molecule has 2 N–H and O–H groups in total. The van der Waals surface area contributed by atoms with Gasteiger partial charge in [-0.25, -0.2) is 12.8 Å². The molecule has 0 bridgehead atoms. The Bertz CT molecular complexity index is 1200. The van der Waals surface area contributed by atoms with Crippen molar-refractivity contribution in [2.24, 2.45) is 0 Å². The molecule has 0 saturated carbocycles. The van der Waals surface area contributed by atoms with E-state index in [1.807, 2.05) is 12.1 Å². The van der Waals surface area contributed by atoms with Crippen LogP contribution in [0.3, 0.4) is 0 Å². The Morgan fingerprint density at radius 2 is 1.68 bits per heavy atom. The van der Waals surface area contributed by atoms with Crippen LogP contribution in [0.25, 0.3) is 0 Å². The maximum absolute atomic E-state index is 13.1. The Morgan fingerprint density at radius 3 is 2.32 bits per heavy atom. The Morgan fingerprint density at radius 1 is 0.971 bits per heavy atom. The predicted octanol–water partition coefficient (Wildman–Crippen LogP) is 3.21. The molecule has 0 atom stereocenters. The van der Waals surface area contributed by atoms with Gasteiger partial charge in [0.25, 0.3) is 0 Å². The van der Waals surface area contributed by atoms with Gasteiger partial charge in [0.2, 0.25) is 10.0 Å². The molecule has 34 heavy (non-hydrogen) atoms. The maximum atomic E-state index is 13.1. The Balaban J connectivity index is 1.28. The van der Waals surface area contributed by atoms with Crippen LogP contribution in [0.1, 0.15) is 11.1 Å². The third kappa shape index (κ3) is 6.35. The fourth-order valence-electron chi connectivity index (χ4n) is 3.70. The van der Waals surface area contributed by atoms with Gasteiger partial charge >= 0.3 is 0 Å². The molecule has 1 aliphatic heterocycles. The van der Waals surface area contributed by atoms with E-state index in [0.29, 0.717) is 50.1 Å². The molecule has 1 saturated heterocycles. The largest absolute Gasteiger partial charge is 0.358 e. The molecule has 0 aliphatic carbocycles. The van der Waals surface area contributed by atoms with E-state index in [-0.39, 0.29) is 10.7 Å². The van der Waals surface area contributed by atoms with Gasteiger partial charge in [-0.3, -0.25) is 9.88 Å². The van der Waals surface area contributed by atoms with Crippen molar-refractivity contribution in [1.29, 1.82) is 0 Å². The molecule has 0 amide bonds. The molecule has 1 aromatic heterocycles. The van der Waals surface area contributed by atoms with E-state index in [4.69, 9.17) is 12.2 Å². The standard InChI is InChI=1S/C24H26FN5O2S2/c25-21-5-3-19(4-6-21)18-29-12-14-30(15-13-29)34(31,32)23-9-7-22(8-10-23)28-24(33)27-17-20-2-1-11-26-16-20/h1-11,16H,12-15,17-18H2,(H2,27,28,33). The van der Waals surface area contributed by atoms with Gasteiger partial charge in [-0.15, -0.1) is 0 Å². The van der Waals surface area contributed by atoms with E-state index in [1.165, 1.54) is 16.4 Å². The first kappa shape index (κ1) is 24.2. The van der Waals surface area contributed by atoms with Crippen LogP contribution in [0.4, 0.5) is 10.1 Å². The number of pyridine rings is 1. The molecular formula is C24H26FN5O2S2. The van der Waals surface area contributed by atoms with Gasteiger partial charge in [-0.1, -0.05) is 18.2 Å². The molecule has 1 aliphatic rings. The van der Waals surface area contributed by atoms with Crippen molar-refractivity contribution >= 4 is 33.0 Å². The van der Waals surface area contributed by atoms with Crippen molar-refractivity contribution in [3.63, 3.8) is 0 Å². The average molecular weight is 500 g/mol. The molecule has 3 aromatic rings. The fourth-order valence-corrected chi connectivity index (χ4v) is 5.31. The molecule has 10 heteroatoms. The number of nitrogens with zero attached hydrogens (tertiary/aromatic N) is 3. The molecule has 7 nitrogen and oxygen atoms in total. The van der Waals surface area contributed by atoms with Gasteiger partial charge in [-0.05, 0) is 65.8 Å². The summed E-state index contributed by atoms with van der Waals surface area (Å²) in [5, 5.41) is 6.60. The van der Waals surface area contributed by atoms with E-state index in [1.54, 1.807) is 48.8 Å². The molecule has 4 rings (SSSR count). The summed E-state index contributed by atoms with van der Waals surface area (Å²) in [5.41, 5.74) is 2.71. The van der Waals surface area contributed by atoms with Crippen molar-refractivity contribution in [2.75, 3.05) is 31.5 Å². The van der Waals surface area contributed by atoms with Gasteiger partial charge < -0.3 is 10.6 Å². The average Bonchev–Trinajstić information content (AvgIpc) is 2.85. The molecule has 1 fully saturated rings. The lowest BCUT2D eigenvalue weighted by molar-refractivity contribution is 0.181. The number of anilines is 1. The lowest BCUT2D eigenvalue weighted by atomic mass is 10.2. The minimum atomic E-state index is -3.58. The number of sulfonamides is 1. The van der Waals surface area contributed by atoms with Crippen LogP contribution in [0.2, 0.25) is 0 Å². The van der Waals surface area contributed by atoms with Crippen LogP contribution in [0, 0.1) is 5.82 Å². The van der Waals surface area contributed by atoms with E-state index in [0.717, 1.165) is 11.1 Å². The third-order valence-electron chi connectivity index (χ3n) is 5.58. The minimum Gasteiger partial charge on any atom is -0.358 e. The Hall–Kier alpha value is -2.92. The number of rotatable bonds is 7. The van der Waals surface area contributed by atoms with Gasteiger partial charge in [-0.2, -0.15) is 4.31 Å². The number of aromatic nitrogens is 1. The molecular weight excluding hydrogens is 473 g/mol. The molecule has 2 aromatic carbocycles. The lowest BCUT2D eigenvalue weighted by Gasteiger charge is -2.34. The zero-order chi connectivity index (χ0) is 24.0. The normalized spacial score (nSPS) is 15.1. The minimum absolute atomic E-state index is 0.249. The first-order valence-electron chi connectivity index (χ1n) is 10.9. The number of hydrogen-bond acceptors (Lipinski definition) is 5. The number of thiocarbonyl (C=S) groups is 1. The van der Waals surface area contributed by atoms with Crippen molar-refractivity contribution in [1.82, 2.24) is 19.5 Å². The van der Waals surface area contributed by atoms with E-state index >= 15 is 0 Å². The first-order valence-corrected chi connectivity index (χ1v) is 12.8. The van der Waals surface area contributed by atoms with Crippen LogP contribution in [-0.2, 0) is 23.1 Å². The zero-order valence-corrected chi connectivity index (χ0v) is 20.2. The first-order chi connectivity index (χ1) is 16.4. The lowest BCUT2D eigenvalue weighted by Crippen LogP contribution is -2.48. The van der Waals surface area contributed by atoms with Crippen molar-refractivity contribution in [3.05, 3.63) is 90.0 Å². The number of benzene rings is 2. The van der Waals surface area contributed by atoms with Crippen LogP contribution in [0.5, 0.6) is 0 Å². The zero-order valence-electron chi connectivity index (χ0n) is 18.5. The summed E-state index contributed by atoms with van der Waals surface area (Å²) in [6.45, 7) is 3.26. The summed E-state index contributed by atoms with van der Waals surface area (Å²) in [6.07, 6.45) is 3.47. The Kier molecular flexibility index (Phi) is 7.84. The van der Waals surface area contributed by atoms with Gasteiger partial charge in [0, 0.05) is 57.3 Å². The maximum Gasteiger partial charge on any atom is 0.243 e. The molecule has 0 radical (unpaired) electrons. The summed E-state index contributed by atoms with van der Waals surface area (Å²) in [7, 11) is -3.58. The van der Waals surface area contributed by atoms with Gasteiger partial charge in [0.15, 0.2) is 5.11 Å². The Labute approximate surface area is 204 Å². The predicted molar refractivity (Wildman–Crippen MR) is 134 cm³/mol. The molecule has 2 heterocycles. The molecule has 0 unspecified atom stereocenters. The summed E-state index contributed by atoms with van der Waals surface area (Å²) >= 11 is 5.32. The monoisotopic (exact) mass is 499 g/mol. The number of halogens is 1. The van der Waals surface area contributed by atoms with Crippen LogP contribution in [0.15, 0.2) is 78.0 Å². The number of hydrogen-bond donors (Lipinski definition) is 2. The summed E-state index contributed by atoms with van der Waals surface area (Å²) < 4.78 is 40.8. The van der Waals surface area contributed by atoms with Crippen LogP contribution < -0.4 is 10.6 Å². The molecule has 0 spiro atoms. The van der Waals surface area contributed by atoms with Crippen molar-refractivity contribution < 1.29 is 12.8 Å². The molecule has 178 valence electrons. The topological polar surface area (TPSA) is 77.6 Å². The van der Waals surface area contributed by atoms with Gasteiger partial charge in [0.1, 0.15) is 5.82 Å². The smallest absolute Gasteiger partial charge is 0.243 e. The number of nitrogens with one attached hydrogen (secondary N) is 2. The van der Waals surface area contributed by atoms with E-state index in [9.17, 15) is 12.8 Å². The van der Waals surface area contributed by atoms with Crippen molar-refractivity contribution in [2.45, 2.75) is 18.0 Å². The highest BCUT2D eigenvalue weighted by molar-refractivity contribution is 7.89. The summed E-state index contributed by atoms with van der Waals surface area (Å²) in [6, 6.07) is 16.8. The van der Waals surface area contributed by atoms with Crippen LogP contribution in [-0.4, -0.2) is 53.9 Å². The number of piperazine rings is 1. The highest BCUT2D eigenvalue weighted by Gasteiger charge is 2.28. The second kappa shape index (κ2) is 11.0. The van der Waals surface area contributed by atoms with Gasteiger partial charge in [0.05, 0.1) is 4.90 Å². The SMILES string of the molecule is O=S(=O)(c1ccc(NC(=S)NCc2cccnc2)cc1)N1CCN(Cc2ccc(F)cc2)CC1. The second-order valence-corrected chi connectivity index (χ2v) is 10.3.